The van der Waals surface area contributed by atoms with Gasteiger partial charge < -0.3 is 10.2 Å². The monoisotopic (exact) mass is 299 g/mol. The van der Waals surface area contributed by atoms with Gasteiger partial charge in [0.25, 0.3) is 0 Å². The van der Waals surface area contributed by atoms with Gasteiger partial charge >= 0.3 is 0 Å². The fourth-order valence-corrected chi connectivity index (χ4v) is 4.27. The number of rotatable bonds is 2. The maximum Gasteiger partial charge on any atom is 0.237 e. The molecule has 2 fully saturated rings. The molecule has 3 aliphatic heterocycles. The Morgan fingerprint density at radius 1 is 1.18 bits per heavy atom. The lowest BCUT2D eigenvalue weighted by Crippen LogP contribution is -2.49. The number of nitrogens with one attached hydrogen (secondary N) is 1. The summed E-state index contributed by atoms with van der Waals surface area (Å²) in [5, 5.41) is 3.58. The van der Waals surface area contributed by atoms with Gasteiger partial charge in [-0.05, 0) is 42.9 Å². The van der Waals surface area contributed by atoms with Crippen molar-refractivity contribution >= 4 is 5.91 Å². The minimum atomic E-state index is 0.305. The van der Waals surface area contributed by atoms with Gasteiger partial charge in [-0.2, -0.15) is 0 Å². The number of piperidine rings is 1. The second-order valence-electron chi connectivity index (χ2n) is 6.97. The van der Waals surface area contributed by atoms with E-state index in [4.69, 9.17) is 0 Å². The van der Waals surface area contributed by atoms with Crippen LogP contribution in [-0.2, 0) is 17.8 Å². The predicted octanol–water partition coefficient (Wildman–Crippen LogP) is 1.26. The number of carbonyl (C=O) groups is 1. The SMILES string of the molecule is O=C(CN1CCC2NCCC2C1)N1CCc2ccccc2C1. The van der Waals surface area contributed by atoms with Crippen molar-refractivity contribution in [1.29, 1.82) is 0 Å². The van der Waals surface area contributed by atoms with Crippen LogP contribution in [0.15, 0.2) is 24.3 Å². The van der Waals surface area contributed by atoms with Gasteiger partial charge in [-0.15, -0.1) is 0 Å². The topological polar surface area (TPSA) is 35.6 Å². The second kappa shape index (κ2) is 6.01. The third kappa shape index (κ3) is 2.77. The average Bonchev–Trinajstić information content (AvgIpc) is 3.02. The highest BCUT2D eigenvalue weighted by Gasteiger charge is 2.33. The second-order valence-corrected chi connectivity index (χ2v) is 6.97. The molecule has 2 saturated heterocycles. The first-order valence-corrected chi connectivity index (χ1v) is 8.60. The molecule has 1 aromatic rings. The van der Waals surface area contributed by atoms with Crippen molar-refractivity contribution in [2.75, 3.05) is 32.7 Å². The molecule has 0 aliphatic carbocycles. The molecule has 1 amide bonds. The van der Waals surface area contributed by atoms with Crippen molar-refractivity contribution < 1.29 is 4.79 Å². The van der Waals surface area contributed by atoms with E-state index in [1.54, 1.807) is 0 Å². The van der Waals surface area contributed by atoms with Crippen LogP contribution in [0.4, 0.5) is 0 Å². The molecule has 0 spiro atoms. The van der Waals surface area contributed by atoms with Crippen LogP contribution in [0.1, 0.15) is 24.0 Å². The van der Waals surface area contributed by atoms with E-state index in [2.05, 4.69) is 34.5 Å². The van der Waals surface area contributed by atoms with Crippen molar-refractivity contribution in [3.8, 4) is 0 Å². The summed E-state index contributed by atoms with van der Waals surface area (Å²) in [6, 6.07) is 9.22. The van der Waals surface area contributed by atoms with Crippen LogP contribution in [0.25, 0.3) is 0 Å². The molecule has 4 heteroatoms. The van der Waals surface area contributed by atoms with Gasteiger partial charge in [0, 0.05) is 32.2 Å². The molecule has 0 radical (unpaired) electrons. The molecular formula is C18H25N3O. The molecule has 4 rings (SSSR count). The molecular weight excluding hydrogens is 274 g/mol. The Labute approximate surface area is 132 Å². The number of likely N-dealkylation sites (tertiary alicyclic amines) is 1. The molecule has 1 aromatic carbocycles. The summed E-state index contributed by atoms with van der Waals surface area (Å²) in [5.41, 5.74) is 2.73. The third-order valence-corrected chi connectivity index (χ3v) is 5.58. The zero-order valence-electron chi connectivity index (χ0n) is 13.1. The summed E-state index contributed by atoms with van der Waals surface area (Å²) in [5.74, 6) is 1.06. The fraction of sp³-hybridized carbons (Fsp3) is 0.611. The van der Waals surface area contributed by atoms with Crippen molar-refractivity contribution in [1.82, 2.24) is 15.1 Å². The summed E-state index contributed by atoms with van der Waals surface area (Å²) >= 11 is 0. The van der Waals surface area contributed by atoms with Crippen LogP contribution in [0, 0.1) is 5.92 Å². The van der Waals surface area contributed by atoms with E-state index < -0.39 is 0 Å². The Morgan fingerprint density at radius 3 is 2.95 bits per heavy atom. The lowest BCUT2D eigenvalue weighted by Gasteiger charge is -2.36. The number of nitrogens with zero attached hydrogens (tertiary/aromatic N) is 2. The average molecular weight is 299 g/mol. The van der Waals surface area contributed by atoms with E-state index in [-0.39, 0.29) is 0 Å². The van der Waals surface area contributed by atoms with Gasteiger partial charge in [0.2, 0.25) is 5.91 Å². The standard InChI is InChI=1S/C18H25N3O/c22-18(13-20-9-7-17-16(11-20)5-8-19-17)21-10-6-14-3-1-2-4-15(14)12-21/h1-4,16-17,19H,5-13H2. The third-order valence-electron chi connectivity index (χ3n) is 5.58. The summed E-state index contributed by atoms with van der Waals surface area (Å²) in [6.07, 6.45) is 3.46. The van der Waals surface area contributed by atoms with Crippen LogP contribution in [-0.4, -0.2) is 54.5 Å². The van der Waals surface area contributed by atoms with E-state index in [0.717, 1.165) is 45.1 Å². The summed E-state index contributed by atoms with van der Waals surface area (Å²) in [7, 11) is 0. The maximum atomic E-state index is 12.6. The number of fused-ring (bicyclic) bond motifs is 2. The lowest BCUT2D eigenvalue weighted by molar-refractivity contribution is -0.133. The van der Waals surface area contributed by atoms with Gasteiger partial charge in [-0.3, -0.25) is 9.69 Å². The van der Waals surface area contributed by atoms with Gasteiger partial charge in [-0.25, -0.2) is 0 Å². The van der Waals surface area contributed by atoms with E-state index >= 15 is 0 Å². The molecule has 1 N–H and O–H groups in total. The summed E-state index contributed by atoms with van der Waals surface area (Å²) in [4.78, 5) is 17.1. The molecule has 3 heterocycles. The highest BCUT2D eigenvalue weighted by Crippen LogP contribution is 2.25. The molecule has 22 heavy (non-hydrogen) atoms. The number of benzene rings is 1. The zero-order valence-corrected chi connectivity index (χ0v) is 13.1. The van der Waals surface area contributed by atoms with Crippen LogP contribution in [0.2, 0.25) is 0 Å². The first kappa shape index (κ1) is 14.2. The van der Waals surface area contributed by atoms with Crippen LogP contribution >= 0.6 is 0 Å². The van der Waals surface area contributed by atoms with Crippen molar-refractivity contribution in [2.45, 2.75) is 31.8 Å². The zero-order chi connectivity index (χ0) is 14.9. The van der Waals surface area contributed by atoms with E-state index in [1.165, 1.54) is 24.0 Å². The normalized spacial score (nSPS) is 28.3. The number of amides is 1. The molecule has 2 unspecified atom stereocenters. The van der Waals surface area contributed by atoms with E-state index in [9.17, 15) is 4.79 Å². The maximum absolute atomic E-state index is 12.6. The Bertz CT molecular complexity index is 559. The number of hydrogen-bond donors (Lipinski definition) is 1. The highest BCUT2D eigenvalue weighted by atomic mass is 16.2. The van der Waals surface area contributed by atoms with E-state index in [1.807, 2.05) is 4.90 Å². The van der Waals surface area contributed by atoms with Gasteiger partial charge in [-0.1, -0.05) is 24.3 Å². The number of carbonyl (C=O) groups excluding carboxylic acids is 1. The van der Waals surface area contributed by atoms with Gasteiger partial charge in [0.05, 0.1) is 6.54 Å². The number of hydrogen-bond acceptors (Lipinski definition) is 3. The fourth-order valence-electron chi connectivity index (χ4n) is 4.27. The Kier molecular flexibility index (Phi) is 3.89. The molecule has 0 saturated carbocycles. The Hall–Kier alpha value is -1.39. The molecule has 4 nitrogen and oxygen atoms in total. The molecule has 0 bridgehead atoms. The molecule has 0 aromatic heterocycles. The lowest BCUT2D eigenvalue weighted by atomic mass is 9.93. The highest BCUT2D eigenvalue weighted by molar-refractivity contribution is 5.78. The molecule has 2 atom stereocenters. The van der Waals surface area contributed by atoms with Crippen molar-refractivity contribution in [2.24, 2.45) is 5.92 Å². The van der Waals surface area contributed by atoms with Crippen LogP contribution in [0.5, 0.6) is 0 Å². The molecule has 118 valence electrons. The summed E-state index contributed by atoms with van der Waals surface area (Å²) < 4.78 is 0. The van der Waals surface area contributed by atoms with Crippen molar-refractivity contribution in [3.05, 3.63) is 35.4 Å². The summed E-state index contributed by atoms with van der Waals surface area (Å²) in [6.45, 7) is 5.57. The molecule has 3 aliphatic rings. The minimum Gasteiger partial charge on any atom is -0.337 e. The Balaban J connectivity index is 1.35. The largest absolute Gasteiger partial charge is 0.337 e. The minimum absolute atomic E-state index is 0.305. The first-order chi connectivity index (χ1) is 10.8. The quantitative estimate of drug-likeness (QED) is 0.893. The smallest absolute Gasteiger partial charge is 0.237 e. The first-order valence-electron chi connectivity index (χ1n) is 8.60. The van der Waals surface area contributed by atoms with Crippen molar-refractivity contribution in [3.63, 3.8) is 0 Å². The Morgan fingerprint density at radius 2 is 2.05 bits per heavy atom. The van der Waals surface area contributed by atoms with Gasteiger partial charge in [0.1, 0.15) is 0 Å². The van der Waals surface area contributed by atoms with E-state index in [0.29, 0.717) is 18.5 Å². The van der Waals surface area contributed by atoms with Crippen LogP contribution in [0.3, 0.4) is 0 Å². The van der Waals surface area contributed by atoms with Gasteiger partial charge in [0.15, 0.2) is 0 Å². The predicted molar refractivity (Wildman–Crippen MR) is 86.5 cm³/mol. The van der Waals surface area contributed by atoms with Crippen LogP contribution < -0.4 is 5.32 Å².